The summed E-state index contributed by atoms with van der Waals surface area (Å²) in [6.07, 6.45) is 14.2. The van der Waals surface area contributed by atoms with Gasteiger partial charge in [-0.05, 0) is 30.8 Å². The Labute approximate surface area is 199 Å². The van der Waals surface area contributed by atoms with Gasteiger partial charge in [-0.1, -0.05) is 83.3 Å². The van der Waals surface area contributed by atoms with Crippen LogP contribution in [0.3, 0.4) is 0 Å². The number of nitrogens with one attached hydrogen (secondary N) is 3. The summed E-state index contributed by atoms with van der Waals surface area (Å²) in [6, 6.07) is 7.06. The van der Waals surface area contributed by atoms with Gasteiger partial charge in [0.1, 0.15) is 0 Å². The molecule has 0 aromatic heterocycles. The topological polar surface area (TPSA) is 79.5 Å². The van der Waals surface area contributed by atoms with Gasteiger partial charge in [0, 0.05) is 20.1 Å². The summed E-state index contributed by atoms with van der Waals surface area (Å²) in [7, 11) is 1.58. The van der Waals surface area contributed by atoms with E-state index in [0.717, 1.165) is 12.8 Å². The van der Waals surface area contributed by atoms with Crippen LogP contribution in [0.5, 0.6) is 0 Å². The van der Waals surface area contributed by atoms with E-state index >= 15 is 0 Å². The predicted octanol–water partition coefficient (Wildman–Crippen LogP) is 5.58. The van der Waals surface area contributed by atoms with E-state index in [1.165, 1.54) is 57.8 Å². The third kappa shape index (κ3) is 13.4. The maximum absolute atomic E-state index is 12.3. The Balaban J connectivity index is 2.20. The number of hydrogen-bond donors (Lipinski definition) is 3. The fourth-order valence-electron chi connectivity index (χ4n) is 3.44. The molecular formula is C25H41N3O3S. The van der Waals surface area contributed by atoms with E-state index in [0.29, 0.717) is 30.8 Å². The fraction of sp³-hybridized carbons (Fsp3) is 0.640. The van der Waals surface area contributed by atoms with Crippen molar-refractivity contribution in [2.75, 3.05) is 25.6 Å². The lowest BCUT2D eigenvalue weighted by Crippen LogP contribution is -2.35. The average molecular weight is 464 g/mol. The van der Waals surface area contributed by atoms with E-state index in [9.17, 15) is 9.59 Å². The van der Waals surface area contributed by atoms with Crippen molar-refractivity contribution in [2.24, 2.45) is 0 Å². The summed E-state index contributed by atoms with van der Waals surface area (Å²) >= 11 is 5.26. The van der Waals surface area contributed by atoms with Crippen LogP contribution in [0, 0.1) is 0 Å². The van der Waals surface area contributed by atoms with Crippen LogP contribution in [-0.2, 0) is 9.53 Å². The standard InChI is InChI=1S/C25H41N3O3S/c1-3-4-5-6-7-8-9-10-11-12-13-18-23(29)28-25(32)27-22-17-15-14-16-21(22)24(30)26-19-20-31-2/h14-17H,3-13,18-20H2,1-2H3,(H,26,30)(H2,27,28,29,32). The monoisotopic (exact) mass is 463 g/mol. The lowest BCUT2D eigenvalue weighted by atomic mass is 10.1. The summed E-state index contributed by atoms with van der Waals surface area (Å²) in [4.78, 5) is 24.5. The van der Waals surface area contributed by atoms with E-state index in [1.54, 1.807) is 25.3 Å². The second kappa shape index (κ2) is 18.6. The molecular weight excluding hydrogens is 422 g/mol. The molecule has 0 spiro atoms. The van der Waals surface area contributed by atoms with Crippen LogP contribution in [0.15, 0.2) is 24.3 Å². The van der Waals surface area contributed by atoms with Crippen LogP contribution >= 0.6 is 12.2 Å². The number of anilines is 1. The summed E-state index contributed by atoms with van der Waals surface area (Å²) in [5, 5.41) is 8.66. The molecule has 0 bridgehead atoms. The van der Waals surface area contributed by atoms with Gasteiger partial charge < -0.3 is 20.7 Å². The highest BCUT2D eigenvalue weighted by molar-refractivity contribution is 7.80. The number of unbranched alkanes of at least 4 members (excludes halogenated alkanes) is 10. The second-order valence-corrected chi connectivity index (χ2v) is 8.49. The van der Waals surface area contributed by atoms with Gasteiger partial charge >= 0.3 is 0 Å². The Kier molecular flexibility index (Phi) is 16.3. The zero-order valence-corrected chi connectivity index (χ0v) is 20.7. The quantitative estimate of drug-likeness (QED) is 0.208. The molecule has 0 radical (unpaired) electrons. The minimum atomic E-state index is -0.222. The van der Waals surface area contributed by atoms with Crippen LogP contribution in [0.25, 0.3) is 0 Å². The van der Waals surface area contributed by atoms with Gasteiger partial charge in [0.05, 0.1) is 17.9 Å². The first-order chi connectivity index (χ1) is 15.6. The Morgan fingerprint density at radius 3 is 2.12 bits per heavy atom. The molecule has 6 nitrogen and oxygen atoms in total. The van der Waals surface area contributed by atoms with Gasteiger partial charge in [-0.25, -0.2) is 0 Å². The fourth-order valence-corrected chi connectivity index (χ4v) is 3.67. The number of hydrogen-bond acceptors (Lipinski definition) is 4. The minimum Gasteiger partial charge on any atom is -0.383 e. The molecule has 7 heteroatoms. The molecule has 0 aliphatic carbocycles. The number of carbonyl (C=O) groups is 2. The van der Waals surface area contributed by atoms with Crippen molar-refractivity contribution >= 4 is 34.8 Å². The average Bonchev–Trinajstić information content (AvgIpc) is 2.77. The third-order valence-corrected chi connectivity index (χ3v) is 5.48. The Hall–Kier alpha value is -1.99. The molecule has 0 saturated carbocycles. The molecule has 180 valence electrons. The van der Waals surface area contributed by atoms with Gasteiger partial charge in [-0.3, -0.25) is 9.59 Å². The van der Waals surface area contributed by atoms with E-state index in [4.69, 9.17) is 17.0 Å². The van der Waals surface area contributed by atoms with Crippen molar-refractivity contribution in [3.05, 3.63) is 29.8 Å². The second-order valence-electron chi connectivity index (χ2n) is 8.08. The Bertz CT molecular complexity index is 682. The van der Waals surface area contributed by atoms with Crippen LogP contribution in [0.1, 0.15) is 94.3 Å². The SMILES string of the molecule is CCCCCCCCCCCCCC(=O)NC(=S)Nc1ccccc1C(=O)NCCOC. The molecule has 0 heterocycles. The Morgan fingerprint density at radius 2 is 1.50 bits per heavy atom. The van der Waals surface area contributed by atoms with Gasteiger partial charge in [-0.2, -0.15) is 0 Å². The Morgan fingerprint density at radius 1 is 0.906 bits per heavy atom. The highest BCUT2D eigenvalue weighted by Gasteiger charge is 2.12. The van der Waals surface area contributed by atoms with Gasteiger partial charge in [0.2, 0.25) is 5.91 Å². The molecule has 2 amide bonds. The maximum Gasteiger partial charge on any atom is 0.253 e. The molecule has 0 aliphatic rings. The van der Waals surface area contributed by atoms with Crippen LogP contribution in [0.4, 0.5) is 5.69 Å². The van der Waals surface area contributed by atoms with Gasteiger partial charge in [-0.15, -0.1) is 0 Å². The molecule has 0 fully saturated rings. The van der Waals surface area contributed by atoms with Crippen molar-refractivity contribution in [1.29, 1.82) is 0 Å². The zero-order chi connectivity index (χ0) is 23.4. The van der Waals surface area contributed by atoms with Crippen LogP contribution < -0.4 is 16.0 Å². The number of ether oxygens (including phenoxy) is 1. The molecule has 0 saturated heterocycles. The first-order valence-corrected chi connectivity index (χ1v) is 12.5. The smallest absolute Gasteiger partial charge is 0.253 e. The number of rotatable bonds is 17. The lowest BCUT2D eigenvalue weighted by molar-refractivity contribution is -0.119. The summed E-state index contributed by atoms with van der Waals surface area (Å²) in [5.74, 6) is -0.319. The largest absolute Gasteiger partial charge is 0.383 e. The van der Waals surface area contributed by atoms with Crippen molar-refractivity contribution in [2.45, 2.75) is 84.0 Å². The molecule has 32 heavy (non-hydrogen) atoms. The third-order valence-electron chi connectivity index (χ3n) is 5.27. The number of benzene rings is 1. The lowest BCUT2D eigenvalue weighted by Gasteiger charge is -2.13. The van der Waals surface area contributed by atoms with Gasteiger partial charge in [0.25, 0.3) is 5.91 Å². The molecule has 1 rings (SSSR count). The van der Waals surface area contributed by atoms with E-state index in [1.807, 2.05) is 6.07 Å². The molecule has 0 atom stereocenters. The highest BCUT2D eigenvalue weighted by atomic mass is 32.1. The van der Waals surface area contributed by atoms with Crippen molar-refractivity contribution < 1.29 is 14.3 Å². The van der Waals surface area contributed by atoms with Crippen LogP contribution in [-0.4, -0.2) is 37.2 Å². The molecule has 1 aromatic carbocycles. The molecule has 1 aromatic rings. The molecule has 0 aliphatic heterocycles. The number of methoxy groups -OCH3 is 1. The van der Waals surface area contributed by atoms with Crippen molar-refractivity contribution in [1.82, 2.24) is 10.6 Å². The summed E-state index contributed by atoms with van der Waals surface area (Å²) < 4.78 is 4.95. The normalized spacial score (nSPS) is 10.6. The van der Waals surface area contributed by atoms with Crippen LogP contribution in [0.2, 0.25) is 0 Å². The molecule has 3 N–H and O–H groups in total. The van der Waals surface area contributed by atoms with Crippen molar-refractivity contribution in [3.63, 3.8) is 0 Å². The maximum atomic E-state index is 12.3. The van der Waals surface area contributed by atoms with Gasteiger partial charge in [0.15, 0.2) is 5.11 Å². The number of carbonyl (C=O) groups excluding carboxylic acids is 2. The summed E-state index contributed by atoms with van der Waals surface area (Å²) in [5.41, 5.74) is 1.02. The first kappa shape index (κ1) is 28.0. The van der Waals surface area contributed by atoms with E-state index < -0.39 is 0 Å². The summed E-state index contributed by atoms with van der Waals surface area (Å²) in [6.45, 7) is 3.11. The number of para-hydroxylation sites is 1. The van der Waals surface area contributed by atoms with E-state index in [-0.39, 0.29) is 16.9 Å². The highest BCUT2D eigenvalue weighted by Crippen LogP contribution is 2.15. The molecule has 0 unspecified atom stereocenters. The van der Waals surface area contributed by atoms with E-state index in [2.05, 4.69) is 22.9 Å². The minimum absolute atomic E-state index is 0.0968. The zero-order valence-electron chi connectivity index (χ0n) is 19.8. The number of thiocarbonyl (C=S) groups is 1. The number of amides is 2. The predicted molar refractivity (Wildman–Crippen MR) is 136 cm³/mol. The first-order valence-electron chi connectivity index (χ1n) is 12.1. The van der Waals surface area contributed by atoms with Crippen molar-refractivity contribution in [3.8, 4) is 0 Å².